The molecule has 1 N–H and O–H groups in total. The highest BCUT2D eigenvalue weighted by Gasteiger charge is 2.37. The lowest BCUT2D eigenvalue weighted by molar-refractivity contribution is -0.138. The molecule has 0 saturated heterocycles. The first-order valence-electron chi connectivity index (χ1n) is 7.69. The van der Waals surface area contributed by atoms with Crippen molar-refractivity contribution in [1.29, 1.82) is 0 Å². The number of nitrogens with zero attached hydrogens (tertiary/aromatic N) is 1. The van der Waals surface area contributed by atoms with Crippen LogP contribution in [0.5, 0.6) is 11.5 Å². The van der Waals surface area contributed by atoms with E-state index in [1.807, 2.05) is 0 Å². The van der Waals surface area contributed by atoms with Crippen LogP contribution in [0.25, 0.3) is 0 Å². The molecule has 122 valence electrons. The van der Waals surface area contributed by atoms with Crippen molar-refractivity contribution in [1.82, 2.24) is 0 Å². The molecule has 0 bridgehead atoms. The topological polar surface area (TPSA) is 76.1 Å². The largest absolute Gasteiger partial charge is 0.486 e. The summed E-state index contributed by atoms with van der Waals surface area (Å²) in [6.45, 7) is 0.932. The third-order valence-electron chi connectivity index (χ3n) is 4.31. The van der Waals surface area contributed by atoms with Gasteiger partial charge in [0.1, 0.15) is 19.1 Å². The van der Waals surface area contributed by atoms with Crippen molar-refractivity contribution in [2.45, 2.75) is 5.92 Å². The minimum atomic E-state index is -0.938. The molecule has 6 nitrogen and oxygen atoms in total. The molecule has 2 aromatic rings. The van der Waals surface area contributed by atoms with Crippen molar-refractivity contribution in [2.24, 2.45) is 0 Å². The molecule has 2 aliphatic heterocycles. The summed E-state index contributed by atoms with van der Waals surface area (Å²) in [6.07, 6.45) is 0. The SMILES string of the molecule is O=C(O)[C@@H]1CN(C(=O)c2cccc3c2OCCO3)c2ccccc21. The van der Waals surface area contributed by atoms with Gasteiger partial charge in [-0.25, -0.2) is 0 Å². The molecule has 0 unspecified atom stereocenters. The number of aliphatic carboxylic acids is 1. The van der Waals surface area contributed by atoms with Crippen molar-refractivity contribution < 1.29 is 24.2 Å². The summed E-state index contributed by atoms with van der Waals surface area (Å²) in [6, 6.07) is 12.3. The lowest BCUT2D eigenvalue weighted by atomic mass is 10.0. The van der Waals surface area contributed by atoms with E-state index in [2.05, 4.69) is 0 Å². The van der Waals surface area contributed by atoms with Crippen molar-refractivity contribution in [3.05, 3.63) is 53.6 Å². The van der Waals surface area contributed by atoms with Gasteiger partial charge in [0, 0.05) is 12.2 Å². The van der Waals surface area contributed by atoms with Gasteiger partial charge in [0.05, 0.1) is 5.56 Å². The number of rotatable bonds is 2. The Morgan fingerprint density at radius 1 is 1.04 bits per heavy atom. The summed E-state index contributed by atoms with van der Waals surface area (Å²) in [4.78, 5) is 26.1. The van der Waals surface area contributed by atoms with Crippen LogP contribution in [0.4, 0.5) is 5.69 Å². The normalized spacial score (nSPS) is 18.2. The van der Waals surface area contributed by atoms with Crippen LogP contribution in [-0.4, -0.2) is 36.7 Å². The fourth-order valence-electron chi connectivity index (χ4n) is 3.20. The van der Waals surface area contributed by atoms with Crippen LogP contribution in [0.3, 0.4) is 0 Å². The Bertz CT molecular complexity index is 832. The molecule has 0 saturated carbocycles. The average molecular weight is 325 g/mol. The van der Waals surface area contributed by atoms with Gasteiger partial charge in [-0.3, -0.25) is 9.59 Å². The van der Waals surface area contributed by atoms with Gasteiger partial charge in [-0.05, 0) is 23.8 Å². The molecule has 0 radical (unpaired) electrons. The minimum Gasteiger partial charge on any atom is -0.486 e. The zero-order valence-electron chi connectivity index (χ0n) is 12.8. The van der Waals surface area contributed by atoms with Crippen molar-refractivity contribution in [3.63, 3.8) is 0 Å². The van der Waals surface area contributed by atoms with Gasteiger partial charge < -0.3 is 19.5 Å². The predicted octanol–water partition coefficient (Wildman–Crippen LogP) is 2.29. The molecule has 4 rings (SSSR count). The fraction of sp³-hybridized carbons (Fsp3) is 0.222. The smallest absolute Gasteiger partial charge is 0.312 e. The molecule has 0 spiro atoms. The van der Waals surface area contributed by atoms with Crippen LogP contribution in [0.2, 0.25) is 0 Å². The summed E-state index contributed by atoms with van der Waals surface area (Å²) in [5.74, 6) is -0.984. The average Bonchev–Trinajstić information content (AvgIpc) is 3.00. The van der Waals surface area contributed by atoms with Crippen LogP contribution >= 0.6 is 0 Å². The number of carbonyl (C=O) groups excluding carboxylic acids is 1. The number of ether oxygens (including phenoxy) is 2. The van der Waals surface area contributed by atoms with Crippen LogP contribution in [0.15, 0.2) is 42.5 Å². The van der Waals surface area contributed by atoms with E-state index in [0.29, 0.717) is 41.5 Å². The van der Waals surface area contributed by atoms with E-state index in [0.717, 1.165) is 0 Å². The van der Waals surface area contributed by atoms with Crippen LogP contribution in [-0.2, 0) is 4.79 Å². The molecule has 0 fully saturated rings. The van der Waals surface area contributed by atoms with Gasteiger partial charge in [0.15, 0.2) is 11.5 Å². The van der Waals surface area contributed by atoms with Crippen molar-refractivity contribution in [3.8, 4) is 11.5 Å². The van der Waals surface area contributed by atoms with Gasteiger partial charge in [-0.1, -0.05) is 24.3 Å². The predicted molar refractivity (Wildman–Crippen MR) is 85.9 cm³/mol. The fourth-order valence-corrected chi connectivity index (χ4v) is 3.20. The second kappa shape index (κ2) is 5.56. The number of anilines is 1. The first kappa shape index (κ1) is 14.6. The summed E-state index contributed by atoms with van der Waals surface area (Å²) in [7, 11) is 0. The maximum absolute atomic E-state index is 13.0. The van der Waals surface area contributed by atoms with E-state index in [1.54, 1.807) is 42.5 Å². The number of benzene rings is 2. The minimum absolute atomic E-state index is 0.109. The molecular weight excluding hydrogens is 310 g/mol. The number of para-hydroxylation sites is 2. The molecule has 0 aliphatic carbocycles. The highest BCUT2D eigenvalue weighted by Crippen LogP contribution is 2.40. The highest BCUT2D eigenvalue weighted by molar-refractivity contribution is 6.10. The van der Waals surface area contributed by atoms with Crippen LogP contribution in [0, 0.1) is 0 Å². The quantitative estimate of drug-likeness (QED) is 0.917. The monoisotopic (exact) mass is 325 g/mol. The van der Waals surface area contributed by atoms with E-state index in [1.165, 1.54) is 4.90 Å². The number of fused-ring (bicyclic) bond motifs is 2. The zero-order valence-corrected chi connectivity index (χ0v) is 12.8. The van der Waals surface area contributed by atoms with Crippen LogP contribution in [0.1, 0.15) is 21.8 Å². The zero-order chi connectivity index (χ0) is 16.7. The number of amides is 1. The first-order valence-corrected chi connectivity index (χ1v) is 7.69. The Kier molecular flexibility index (Phi) is 3.37. The molecule has 0 aromatic heterocycles. The second-order valence-electron chi connectivity index (χ2n) is 5.70. The lowest BCUT2D eigenvalue weighted by Gasteiger charge is -2.23. The van der Waals surface area contributed by atoms with Gasteiger partial charge in [0.25, 0.3) is 5.91 Å². The maximum atomic E-state index is 13.0. The second-order valence-corrected chi connectivity index (χ2v) is 5.70. The van der Waals surface area contributed by atoms with Crippen molar-refractivity contribution >= 4 is 17.6 Å². The van der Waals surface area contributed by atoms with E-state index in [4.69, 9.17) is 9.47 Å². The summed E-state index contributed by atoms with van der Waals surface area (Å²) in [5, 5.41) is 9.44. The maximum Gasteiger partial charge on any atom is 0.312 e. The summed E-state index contributed by atoms with van der Waals surface area (Å²) in [5.41, 5.74) is 1.66. The number of hydrogen-bond acceptors (Lipinski definition) is 4. The van der Waals surface area contributed by atoms with Crippen molar-refractivity contribution in [2.75, 3.05) is 24.7 Å². The highest BCUT2D eigenvalue weighted by atomic mass is 16.6. The van der Waals surface area contributed by atoms with E-state index < -0.39 is 11.9 Å². The third-order valence-corrected chi connectivity index (χ3v) is 4.31. The lowest BCUT2D eigenvalue weighted by Crippen LogP contribution is -2.32. The Morgan fingerprint density at radius 3 is 2.67 bits per heavy atom. The van der Waals surface area contributed by atoms with Crippen LogP contribution < -0.4 is 14.4 Å². The van der Waals surface area contributed by atoms with Gasteiger partial charge in [0.2, 0.25) is 0 Å². The third kappa shape index (κ3) is 2.19. The summed E-state index contributed by atoms with van der Waals surface area (Å²) < 4.78 is 11.1. The summed E-state index contributed by atoms with van der Waals surface area (Å²) >= 11 is 0. The molecule has 24 heavy (non-hydrogen) atoms. The molecule has 1 atom stereocenters. The molecule has 2 aromatic carbocycles. The van der Waals surface area contributed by atoms with E-state index >= 15 is 0 Å². The van der Waals surface area contributed by atoms with Gasteiger partial charge in [-0.15, -0.1) is 0 Å². The number of carboxylic acid groups (broad SMARTS) is 1. The number of carbonyl (C=O) groups is 2. The number of hydrogen-bond donors (Lipinski definition) is 1. The van der Waals surface area contributed by atoms with E-state index in [9.17, 15) is 14.7 Å². The standard InChI is InChI=1S/C18H15NO5/c20-17(12-5-3-7-15-16(12)24-9-8-23-15)19-10-13(18(21)22)11-4-1-2-6-14(11)19/h1-7,13H,8-10H2,(H,21,22)/t13-/m1/s1. The van der Waals surface area contributed by atoms with Gasteiger partial charge in [-0.2, -0.15) is 0 Å². The molecular formula is C18H15NO5. The Morgan fingerprint density at radius 2 is 1.83 bits per heavy atom. The van der Waals surface area contributed by atoms with E-state index in [-0.39, 0.29) is 12.5 Å². The molecule has 2 heterocycles. The first-order chi connectivity index (χ1) is 11.7. The molecule has 6 heteroatoms. The Hall–Kier alpha value is -3.02. The molecule has 2 aliphatic rings. The molecule has 1 amide bonds. The van der Waals surface area contributed by atoms with Gasteiger partial charge >= 0.3 is 5.97 Å². The Labute approximate surface area is 138 Å². The number of carboxylic acids is 1. The Balaban J connectivity index is 1.75.